The molecule has 0 radical (unpaired) electrons. The lowest BCUT2D eigenvalue weighted by Crippen LogP contribution is -2.40. The number of carbonyl (C=O) groups is 1. The van der Waals surface area contributed by atoms with E-state index in [1.54, 1.807) is 23.6 Å². The fourth-order valence-corrected chi connectivity index (χ4v) is 2.67. The average molecular weight is 248 g/mol. The highest BCUT2D eigenvalue weighted by molar-refractivity contribution is 5.80. The number of hydrogen-bond acceptors (Lipinski definition) is 4. The topological polar surface area (TPSA) is 82.2 Å². The first-order valence-corrected chi connectivity index (χ1v) is 5.90. The number of aryl methyl sites for hydroxylation is 2. The summed E-state index contributed by atoms with van der Waals surface area (Å²) in [4.78, 5) is 13.1. The fraction of sp³-hybridized carbons (Fsp3) is 0.583. The number of anilines is 1. The Morgan fingerprint density at radius 2 is 2.28 bits per heavy atom. The van der Waals surface area contributed by atoms with Gasteiger partial charge in [0.2, 0.25) is 0 Å². The molecule has 0 spiro atoms. The monoisotopic (exact) mass is 248 g/mol. The van der Waals surface area contributed by atoms with Crippen LogP contribution in [0, 0.1) is 24.2 Å². The normalized spacial score (nSPS) is 23.1. The summed E-state index contributed by atoms with van der Waals surface area (Å²) in [6.45, 7) is 4.33. The highest BCUT2D eigenvalue weighted by atomic mass is 16.4. The van der Waals surface area contributed by atoms with Gasteiger partial charge in [0.25, 0.3) is 0 Å². The standard InChI is InChI=1S/C12H16N4O2/c1-7-4-5-16(10(7)12(17)18)11-9(6-13)8(2)14-15(11)3/h7,10H,4-5H2,1-3H3,(H,17,18). The van der Waals surface area contributed by atoms with E-state index in [1.165, 1.54) is 0 Å². The van der Waals surface area contributed by atoms with Crippen molar-refractivity contribution in [3.63, 3.8) is 0 Å². The van der Waals surface area contributed by atoms with Crippen molar-refractivity contribution in [2.24, 2.45) is 13.0 Å². The quantitative estimate of drug-likeness (QED) is 0.840. The average Bonchev–Trinajstić information content (AvgIpc) is 2.78. The van der Waals surface area contributed by atoms with Crippen molar-refractivity contribution in [3.8, 4) is 6.07 Å². The number of carboxylic acid groups (broad SMARTS) is 1. The van der Waals surface area contributed by atoms with Crippen LogP contribution < -0.4 is 4.90 Å². The third-order valence-electron chi connectivity index (χ3n) is 3.53. The number of hydrogen-bond donors (Lipinski definition) is 1. The van der Waals surface area contributed by atoms with Gasteiger partial charge < -0.3 is 10.0 Å². The van der Waals surface area contributed by atoms with Gasteiger partial charge in [0.1, 0.15) is 23.5 Å². The lowest BCUT2D eigenvalue weighted by molar-refractivity contribution is -0.139. The second-order valence-corrected chi connectivity index (χ2v) is 4.76. The number of carboxylic acids is 1. The SMILES string of the molecule is Cc1nn(C)c(N2CCC(C)C2C(=O)O)c1C#N. The van der Waals surface area contributed by atoms with Gasteiger partial charge in [0.05, 0.1) is 5.69 Å². The Morgan fingerprint density at radius 1 is 1.61 bits per heavy atom. The summed E-state index contributed by atoms with van der Waals surface area (Å²) in [6.07, 6.45) is 0.812. The van der Waals surface area contributed by atoms with Gasteiger partial charge in [-0.15, -0.1) is 0 Å². The van der Waals surface area contributed by atoms with Crippen LogP contribution in [0.3, 0.4) is 0 Å². The molecule has 2 heterocycles. The molecule has 1 aliphatic heterocycles. The molecule has 1 fully saturated rings. The second kappa shape index (κ2) is 4.33. The van der Waals surface area contributed by atoms with E-state index in [2.05, 4.69) is 11.2 Å². The van der Waals surface area contributed by atoms with Gasteiger partial charge in [-0.25, -0.2) is 4.79 Å². The van der Waals surface area contributed by atoms with Crippen LogP contribution in [0.15, 0.2) is 0 Å². The summed E-state index contributed by atoms with van der Waals surface area (Å²) in [7, 11) is 1.74. The molecule has 0 saturated carbocycles. The van der Waals surface area contributed by atoms with Gasteiger partial charge in [-0.1, -0.05) is 6.92 Å². The van der Waals surface area contributed by atoms with E-state index in [1.807, 2.05) is 6.92 Å². The van der Waals surface area contributed by atoms with Crippen molar-refractivity contribution in [2.75, 3.05) is 11.4 Å². The Hall–Kier alpha value is -2.03. The summed E-state index contributed by atoms with van der Waals surface area (Å²) in [6, 6.07) is 1.54. The molecule has 0 aliphatic carbocycles. The van der Waals surface area contributed by atoms with E-state index in [-0.39, 0.29) is 5.92 Å². The van der Waals surface area contributed by atoms with Crippen LogP contribution in [0.4, 0.5) is 5.82 Å². The van der Waals surface area contributed by atoms with E-state index < -0.39 is 12.0 Å². The van der Waals surface area contributed by atoms with Crippen LogP contribution in [0.2, 0.25) is 0 Å². The summed E-state index contributed by atoms with van der Waals surface area (Å²) >= 11 is 0. The van der Waals surface area contributed by atoms with Crippen molar-refractivity contribution in [1.29, 1.82) is 5.26 Å². The first-order chi connectivity index (χ1) is 8.47. The molecule has 1 aromatic rings. The fourth-order valence-electron chi connectivity index (χ4n) is 2.67. The smallest absolute Gasteiger partial charge is 0.326 e. The Balaban J connectivity index is 2.49. The Kier molecular flexibility index (Phi) is 2.99. The van der Waals surface area contributed by atoms with Crippen LogP contribution in [-0.2, 0) is 11.8 Å². The molecule has 2 unspecified atom stereocenters. The van der Waals surface area contributed by atoms with E-state index in [0.29, 0.717) is 23.6 Å². The molecule has 6 nitrogen and oxygen atoms in total. The zero-order valence-electron chi connectivity index (χ0n) is 10.7. The number of rotatable bonds is 2. The molecule has 1 N–H and O–H groups in total. The zero-order valence-corrected chi connectivity index (χ0v) is 10.7. The minimum atomic E-state index is -0.845. The van der Waals surface area contributed by atoms with E-state index in [9.17, 15) is 15.2 Å². The number of aliphatic carboxylic acids is 1. The van der Waals surface area contributed by atoms with E-state index >= 15 is 0 Å². The second-order valence-electron chi connectivity index (χ2n) is 4.76. The Bertz CT molecular complexity index is 529. The summed E-state index contributed by atoms with van der Waals surface area (Å²) in [5.41, 5.74) is 1.11. The minimum Gasteiger partial charge on any atom is -0.480 e. The van der Waals surface area contributed by atoms with Crippen LogP contribution in [-0.4, -0.2) is 33.4 Å². The van der Waals surface area contributed by atoms with Crippen molar-refractivity contribution in [2.45, 2.75) is 26.3 Å². The molecular weight excluding hydrogens is 232 g/mol. The lowest BCUT2D eigenvalue weighted by Gasteiger charge is -2.25. The molecule has 96 valence electrons. The van der Waals surface area contributed by atoms with Crippen LogP contribution in [0.25, 0.3) is 0 Å². The van der Waals surface area contributed by atoms with Gasteiger partial charge in [-0.05, 0) is 19.3 Å². The van der Waals surface area contributed by atoms with Gasteiger partial charge in [0.15, 0.2) is 0 Å². The molecule has 2 atom stereocenters. The van der Waals surface area contributed by atoms with Crippen LogP contribution in [0.1, 0.15) is 24.6 Å². The maximum Gasteiger partial charge on any atom is 0.326 e. The number of aromatic nitrogens is 2. The van der Waals surface area contributed by atoms with Crippen molar-refractivity contribution < 1.29 is 9.90 Å². The highest BCUT2D eigenvalue weighted by Gasteiger charge is 2.39. The van der Waals surface area contributed by atoms with Crippen LogP contribution >= 0.6 is 0 Å². The summed E-state index contributed by atoms with van der Waals surface area (Å²) < 4.78 is 1.60. The molecule has 6 heteroatoms. The lowest BCUT2D eigenvalue weighted by atomic mass is 10.0. The first kappa shape index (κ1) is 12.4. The molecule has 1 saturated heterocycles. The molecule has 2 rings (SSSR count). The largest absolute Gasteiger partial charge is 0.480 e. The molecule has 18 heavy (non-hydrogen) atoms. The molecule has 0 amide bonds. The Labute approximate surface area is 105 Å². The van der Waals surface area contributed by atoms with Crippen molar-refractivity contribution >= 4 is 11.8 Å². The van der Waals surface area contributed by atoms with Gasteiger partial charge >= 0.3 is 5.97 Å². The Morgan fingerprint density at radius 3 is 2.83 bits per heavy atom. The number of nitrogens with zero attached hydrogens (tertiary/aromatic N) is 4. The predicted octanol–water partition coefficient (Wildman–Crippen LogP) is 0.900. The number of nitriles is 1. The van der Waals surface area contributed by atoms with Crippen LogP contribution in [0.5, 0.6) is 0 Å². The first-order valence-electron chi connectivity index (χ1n) is 5.90. The van der Waals surface area contributed by atoms with Gasteiger partial charge in [-0.3, -0.25) is 4.68 Å². The molecule has 0 bridgehead atoms. The van der Waals surface area contributed by atoms with E-state index in [0.717, 1.165) is 6.42 Å². The molecule has 1 aliphatic rings. The molecule has 1 aromatic heterocycles. The molecular formula is C12H16N4O2. The zero-order chi connectivity index (χ0) is 13.4. The third-order valence-corrected chi connectivity index (χ3v) is 3.53. The summed E-state index contributed by atoms with van der Waals surface area (Å²) in [5, 5.41) is 22.7. The minimum absolute atomic E-state index is 0.0734. The highest BCUT2D eigenvalue weighted by Crippen LogP contribution is 2.32. The predicted molar refractivity (Wildman–Crippen MR) is 65.2 cm³/mol. The summed E-state index contributed by atoms with van der Waals surface area (Å²) in [5.74, 6) is -0.154. The molecule has 0 aromatic carbocycles. The van der Waals surface area contributed by atoms with E-state index in [4.69, 9.17) is 0 Å². The van der Waals surface area contributed by atoms with Gasteiger partial charge in [-0.2, -0.15) is 10.4 Å². The maximum absolute atomic E-state index is 11.4. The van der Waals surface area contributed by atoms with Crippen molar-refractivity contribution in [1.82, 2.24) is 9.78 Å². The maximum atomic E-state index is 11.4. The third kappa shape index (κ3) is 1.72. The van der Waals surface area contributed by atoms with Crippen molar-refractivity contribution in [3.05, 3.63) is 11.3 Å². The van der Waals surface area contributed by atoms with Gasteiger partial charge in [0, 0.05) is 13.6 Å².